The molecule has 1 aromatic rings. The third kappa shape index (κ3) is 3.11. The van der Waals surface area contributed by atoms with Crippen LogP contribution in [0.1, 0.15) is 32.2 Å². The molecule has 0 aliphatic heterocycles. The number of hydrogen-bond donors (Lipinski definition) is 2. The van der Waals surface area contributed by atoms with Crippen LogP contribution in [0, 0.1) is 13.8 Å². The summed E-state index contributed by atoms with van der Waals surface area (Å²) in [5.74, 6) is 0. The van der Waals surface area contributed by atoms with Crippen LogP contribution in [-0.4, -0.2) is 33.4 Å². The van der Waals surface area contributed by atoms with Crippen molar-refractivity contribution < 1.29 is 19.6 Å². The van der Waals surface area contributed by atoms with Gasteiger partial charge in [0.2, 0.25) is 0 Å². The van der Waals surface area contributed by atoms with Crippen LogP contribution in [0.5, 0.6) is 0 Å². The molecule has 0 atom stereocenters. The molecular formula is C11H18BNO4. The monoisotopic (exact) mass is 239 g/mol. The second-order valence-electron chi connectivity index (χ2n) is 5.02. The van der Waals surface area contributed by atoms with E-state index >= 15 is 0 Å². The number of carbonyl (C=O) groups excluding carboxylic acids is 1. The number of nitrogens with zero attached hydrogens (tertiary/aromatic N) is 1. The molecule has 0 amide bonds. The Morgan fingerprint density at radius 3 is 2.24 bits per heavy atom. The van der Waals surface area contributed by atoms with Crippen LogP contribution in [0.15, 0.2) is 6.07 Å². The fourth-order valence-corrected chi connectivity index (χ4v) is 1.64. The first-order chi connectivity index (χ1) is 7.63. The van der Waals surface area contributed by atoms with Crippen molar-refractivity contribution in [1.82, 2.24) is 4.57 Å². The van der Waals surface area contributed by atoms with Gasteiger partial charge in [0.05, 0.1) is 0 Å². The summed E-state index contributed by atoms with van der Waals surface area (Å²) < 4.78 is 6.57. The summed E-state index contributed by atoms with van der Waals surface area (Å²) in [4.78, 5) is 11.9. The first kappa shape index (κ1) is 13.8. The third-order valence-electron chi connectivity index (χ3n) is 2.32. The van der Waals surface area contributed by atoms with Crippen molar-refractivity contribution in [2.24, 2.45) is 0 Å². The molecule has 5 nitrogen and oxygen atoms in total. The van der Waals surface area contributed by atoms with Gasteiger partial charge in [-0.3, -0.25) is 4.57 Å². The number of hydrogen-bond acceptors (Lipinski definition) is 4. The van der Waals surface area contributed by atoms with Gasteiger partial charge in [0.15, 0.2) is 0 Å². The summed E-state index contributed by atoms with van der Waals surface area (Å²) in [5, 5.41) is 18.3. The second-order valence-corrected chi connectivity index (χ2v) is 5.02. The van der Waals surface area contributed by atoms with Crippen molar-refractivity contribution in [1.29, 1.82) is 0 Å². The molecule has 0 bridgehead atoms. The Morgan fingerprint density at radius 1 is 1.35 bits per heavy atom. The highest BCUT2D eigenvalue weighted by Gasteiger charge is 2.25. The average Bonchev–Trinajstić information content (AvgIpc) is 2.38. The van der Waals surface area contributed by atoms with Gasteiger partial charge in [-0.15, -0.1) is 0 Å². The maximum absolute atomic E-state index is 11.9. The molecule has 0 saturated carbocycles. The zero-order chi connectivity index (χ0) is 13.4. The molecule has 0 aromatic carbocycles. The standard InChI is InChI=1S/C11H18BNO4/c1-7-6-9(12(15)16)8(2)13(7)10(14)17-11(3,4)5/h6,15-16H,1-5H3. The number of aromatic nitrogens is 1. The third-order valence-corrected chi connectivity index (χ3v) is 2.32. The molecule has 6 heteroatoms. The minimum atomic E-state index is -1.59. The highest BCUT2D eigenvalue weighted by molar-refractivity contribution is 6.59. The minimum absolute atomic E-state index is 0.313. The smallest absolute Gasteiger partial charge is 0.443 e. The number of ether oxygens (including phenoxy) is 1. The predicted molar refractivity (Wildman–Crippen MR) is 65.4 cm³/mol. The summed E-state index contributed by atoms with van der Waals surface area (Å²) in [6.07, 6.45) is -0.514. The fraction of sp³-hybridized carbons (Fsp3) is 0.545. The molecule has 0 aliphatic carbocycles. The van der Waals surface area contributed by atoms with Gasteiger partial charge in [-0.2, -0.15) is 0 Å². The lowest BCUT2D eigenvalue weighted by molar-refractivity contribution is 0.0531. The maximum atomic E-state index is 11.9. The molecule has 1 heterocycles. The number of carbonyl (C=O) groups is 1. The van der Waals surface area contributed by atoms with E-state index in [2.05, 4.69) is 0 Å². The average molecular weight is 239 g/mol. The van der Waals surface area contributed by atoms with E-state index in [-0.39, 0.29) is 0 Å². The Hall–Kier alpha value is -1.27. The molecule has 94 valence electrons. The molecule has 0 saturated heterocycles. The molecule has 17 heavy (non-hydrogen) atoms. The van der Waals surface area contributed by atoms with Gasteiger partial charge < -0.3 is 14.8 Å². The largest absolute Gasteiger partial charge is 0.490 e. The van der Waals surface area contributed by atoms with Gasteiger partial charge in [0.1, 0.15) is 5.60 Å². The second kappa shape index (κ2) is 4.54. The Morgan fingerprint density at radius 2 is 1.88 bits per heavy atom. The van der Waals surface area contributed by atoms with Gasteiger partial charge in [-0.25, -0.2) is 4.79 Å². The summed E-state index contributed by atoms with van der Waals surface area (Å²) in [6, 6.07) is 1.56. The van der Waals surface area contributed by atoms with E-state index in [4.69, 9.17) is 14.8 Å². The van der Waals surface area contributed by atoms with Crippen molar-refractivity contribution in [2.45, 2.75) is 40.2 Å². The minimum Gasteiger partial charge on any atom is -0.443 e. The molecule has 2 N–H and O–H groups in total. The topological polar surface area (TPSA) is 71.7 Å². The first-order valence-corrected chi connectivity index (χ1v) is 5.42. The Kier molecular flexibility index (Phi) is 3.69. The Balaban J connectivity index is 3.11. The van der Waals surface area contributed by atoms with E-state index in [0.29, 0.717) is 16.9 Å². The van der Waals surface area contributed by atoms with E-state index in [1.807, 2.05) is 0 Å². The summed E-state index contributed by atoms with van der Waals surface area (Å²) in [7, 11) is -1.59. The zero-order valence-electron chi connectivity index (χ0n) is 10.8. The van der Waals surface area contributed by atoms with E-state index in [1.165, 1.54) is 4.57 Å². The van der Waals surface area contributed by atoms with Crippen LogP contribution < -0.4 is 5.46 Å². The maximum Gasteiger partial charge on any atom is 0.490 e. The molecule has 1 aromatic heterocycles. The molecule has 0 unspecified atom stereocenters. The molecule has 0 spiro atoms. The molecule has 0 aliphatic rings. The highest BCUT2D eigenvalue weighted by atomic mass is 16.6. The summed E-state index contributed by atoms with van der Waals surface area (Å²) >= 11 is 0. The van der Waals surface area contributed by atoms with Gasteiger partial charge >= 0.3 is 13.2 Å². The lowest BCUT2D eigenvalue weighted by Crippen LogP contribution is -2.33. The Labute approximate surface area is 101 Å². The first-order valence-electron chi connectivity index (χ1n) is 5.42. The quantitative estimate of drug-likeness (QED) is 0.702. The van der Waals surface area contributed by atoms with Crippen LogP contribution in [0.25, 0.3) is 0 Å². The lowest BCUT2D eigenvalue weighted by Gasteiger charge is -2.20. The molecular weight excluding hydrogens is 221 g/mol. The van der Waals surface area contributed by atoms with Gasteiger partial charge in [-0.1, -0.05) is 0 Å². The zero-order valence-corrected chi connectivity index (χ0v) is 10.8. The van der Waals surface area contributed by atoms with Crippen molar-refractivity contribution in [3.8, 4) is 0 Å². The van der Waals surface area contributed by atoms with Gasteiger partial charge in [0.25, 0.3) is 0 Å². The van der Waals surface area contributed by atoms with Crippen molar-refractivity contribution >= 4 is 18.7 Å². The molecule has 0 fully saturated rings. The van der Waals surface area contributed by atoms with Crippen molar-refractivity contribution in [3.05, 3.63) is 17.5 Å². The van der Waals surface area contributed by atoms with Gasteiger partial charge in [0, 0.05) is 16.9 Å². The van der Waals surface area contributed by atoms with Gasteiger partial charge in [-0.05, 0) is 40.7 Å². The summed E-state index contributed by atoms with van der Waals surface area (Å²) in [6.45, 7) is 8.69. The van der Waals surface area contributed by atoms with Crippen LogP contribution in [-0.2, 0) is 4.74 Å². The van der Waals surface area contributed by atoms with E-state index in [0.717, 1.165) is 0 Å². The highest BCUT2D eigenvalue weighted by Crippen LogP contribution is 2.12. The van der Waals surface area contributed by atoms with Crippen LogP contribution in [0.2, 0.25) is 0 Å². The fourth-order valence-electron chi connectivity index (χ4n) is 1.64. The van der Waals surface area contributed by atoms with Crippen molar-refractivity contribution in [3.63, 3.8) is 0 Å². The number of aryl methyl sites for hydroxylation is 1. The van der Waals surface area contributed by atoms with E-state index in [9.17, 15) is 4.79 Å². The predicted octanol–water partition coefficient (Wildman–Crippen LogP) is 0.568. The number of rotatable bonds is 1. The van der Waals surface area contributed by atoms with Crippen LogP contribution in [0.3, 0.4) is 0 Å². The van der Waals surface area contributed by atoms with Crippen LogP contribution in [0.4, 0.5) is 4.79 Å². The lowest BCUT2D eigenvalue weighted by atomic mass is 9.80. The van der Waals surface area contributed by atoms with Crippen LogP contribution >= 0.6 is 0 Å². The normalized spacial score (nSPS) is 11.5. The Bertz CT molecular complexity index is 431. The van der Waals surface area contributed by atoms with E-state index < -0.39 is 18.8 Å². The SMILES string of the molecule is Cc1cc(B(O)O)c(C)n1C(=O)OC(C)(C)C. The van der Waals surface area contributed by atoms with Crippen molar-refractivity contribution in [2.75, 3.05) is 0 Å². The molecule has 1 rings (SSSR count). The van der Waals surface area contributed by atoms with E-state index in [1.54, 1.807) is 40.7 Å². The summed E-state index contributed by atoms with van der Waals surface area (Å²) in [5.41, 5.74) is 0.818. The molecule has 0 radical (unpaired) electrons.